The van der Waals surface area contributed by atoms with Crippen molar-refractivity contribution in [1.29, 1.82) is 0 Å². The zero-order valence-corrected chi connectivity index (χ0v) is 12.0. The molecule has 0 heterocycles. The molecule has 0 N–H and O–H groups in total. The van der Waals surface area contributed by atoms with E-state index in [4.69, 9.17) is 34.8 Å². The monoisotopic (exact) mass is 298 g/mol. The van der Waals surface area contributed by atoms with Crippen LogP contribution in [0.25, 0.3) is 0 Å². The van der Waals surface area contributed by atoms with Crippen LogP contribution in [0.15, 0.2) is 12.1 Å². The maximum Gasteiger partial charge on any atom is 2.00 e. The standard InChI is InChI=1S/C6H4Cl3O3P.Ca/c7-3-1-5(9)6(2-4(3)8)13(10,11)12;/h1-2H,(H2,10,11,12);/q;+2/p-2. The summed E-state index contributed by atoms with van der Waals surface area (Å²) in [5, 5.41) is -0.678. The Labute approximate surface area is 126 Å². The molecule has 8 heteroatoms. The van der Waals surface area contributed by atoms with Crippen molar-refractivity contribution in [3.63, 3.8) is 0 Å². The van der Waals surface area contributed by atoms with Crippen LogP contribution in [-0.4, -0.2) is 37.7 Å². The first-order chi connectivity index (χ1) is 5.82. The van der Waals surface area contributed by atoms with Crippen LogP contribution in [-0.2, 0) is 0 Å². The van der Waals surface area contributed by atoms with E-state index in [1.165, 1.54) is 0 Å². The maximum absolute atomic E-state index is 10.6. The summed E-state index contributed by atoms with van der Waals surface area (Å²) in [4.78, 5) is 31.8. The summed E-state index contributed by atoms with van der Waals surface area (Å²) in [6, 6.07) is 2.05. The van der Waals surface area contributed by atoms with Gasteiger partial charge in [-0.1, -0.05) is 34.8 Å². The van der Waals surface area contributed by atoms with Gasteiger partial charge in [-0.25, -0.2) is 0 Å². The fraction of sp³-hybridized carbons (Fsp3) is 0. The molecular formula is C6H2CaCl3O3P. The van der Waals surface area contributed by atoms with Crippen LogP contribution >= 0.6 is 42.7 Å². The summed E-state index contributed by atoms with van der Waals surface area (Å²) in [7, 11) is -4.88. The summed E-state index contributed by atoms with van der Waals surface area (Å²) in [6.07, 6.45) is 0. The van der Waals surface area contributed by atoms with Crippen LogP contribution in [0, 0.1) is 0 Å². The van der Waals surface area contributed by atoms with Crippen LogP contribution in [0.1, 0.15) is 0 Å². The second-order valence-electron chi connectivity index (χ2n) is 2.22. The summed E-state index contributed by atoms with van der Waals surface area (Å²) < 4.78 is 0. The van der Waals surface area contributed by atoms with Crippen molar-refractivity contribution in [3.8, 4) is 0 Å². The fourth-order valence-corrected chi connectivity index (χ4v) is 2.27. The second-order valence-corrected chi connectivity index (χ2v) is 4.91. The first kappa shape index (κ1) is 15.7. The SMILES string of the molecule is [Ca+2].[O-][P+]([O-])([O-])c1cc(Cl)c(Cl)cc1Cl. The molecule has 0 bridgehead atoms. The van der Waals surface area contributed by atoms with Crippen molar-refractivity contribution in [2.45, 2.75) is 0 Å². The average Bonchev–Trinajstić information content (AvgIpc) is 1.94. The molecule has 0 saturated carbocycles. The third-order valence-electron chi connectivity index (χ3n) is 1.28. The number of hydrogen-bond acceptors (Lipinski definition) is 3. The van der Waals surface area contributed by atoms with Gasteiger partial charge in [-0.05, 0) is 6.07 Å². The normalized spacial score (nSPS) is 11.0. The number of benzene rings is 1. The van der Waals surface area contributed by atoms with Crippen molar-refractivity contribution >= 4 is 85.8 Å². The number of rotatable bonds is 1. The van der Waals surface area contributed by atoms with E-state index in [1.807, 2.05) is 0 Å². The van der Waals surface area contributed by atoms with Gasteiger partial charge in [-0.15, -0.1) is 7.94 Å². The zero-order valence-electron chi connectivity index (χ0n) is 6.67. The molecule has 14 heavy (non-hydrogen) atoms. The summed E-state index contributed by atoms with van der Waals surface area (Å²) >= 11 is 16.5. The first-order valence-corrected chi connectivity index (χ1v) is 5.67. The minimum atomic E-state index is -4.88. The van der Waals surface area contributed by atoms with Crippen LogP contribution < -0.4 is 20.0 Å². The Kier molecular flexibility index (Phi) is 6.52. The van der Waals surface area contributed by atoms with Crippen molar-refractivity contribution < 1.29 is 14.7 Å². The van der Waals surface area contributed by atoms with Crippen molar-refractivity contribution in [2.75, 3.05) is 0 Å². The topological polar surface area (TPSA) is 69.2 Å². The van der Waals surface area contributed by atoms with Gasteiger partial charge in [0.05, 0.1) is 20.4 Å². The summed E-state index contributed by atoms with van der Waals surface area (Å²) in [5.41, 5.74) is 0. The van der Waals surface area contributed by atoms with E-state index in [9.17, 15) is 14.7 Å². The third-order valence-corrected chi connectivity index (χ3v) is 3.41. The Balaban J connectivity index is 0.00000169. The molecule has 0 radical (unpaired) electrons. The molecule has 72 valence electrons. The third kappa shape index (κ3) is 3.91. The Morgan fingerprint density at radius 1 is 0.857 bits per heavy atom. The fourth-order valence-electron chi connectivity index (χ4n) is 0.722. The predicted octanol–water partition coefficient (Wildman–Crippen LogP) is -0.265. The molecule has 0 unspecified atom stereocenters. The van der Waals surface area contributed by atoms with Gasteiger partial charge in [0.15, 0.2) is 0 Å². The van der Waals surface area contributed by atoms with E-state index >= 15 is 0 Å². The largest absolute Gasteiger partial charge is 2.00 e. The average molecular weight is 299 g/mol. The molecule has 0 aliphatic heterocycles. The second kappa shape index (κ2) is 5.83. The molecule has 0 saturated heterocycles. The van der Waals surface area contributed by atoms with Crippen LogP contribution in [0.2, 0.25) is 15.1 Å². The quantitative estimate of drug-likeness (QED) is 0.407. The smallest absolute Gasteiger partial charge is 0.683 e. The minimum Gasteiger partial charge on any atom is -0.683 e. The van der Waals surface area contributed by atoms with Gasteiger partial charge in [0.1, 0.15) is 0 Å². The predicted molar refractivity (Wildman–Crippen MR) is 53.8 cm³/mol. The molecule has 0 aliphatic carbocycles. The Morgan fingerprint density at radius 2 is 1.29 bits per heavy atom. The Bertz CT molecular complexity index is 342. The summed E-state index contributed by atoms with van der Waals surface area (Å²) in [6.45, 7) is 0. The van der Waals surface area contributed by atoms with Crippen LogP contribution in [0.4, 0.5) is 0 Å². The Hall–Kier alpha value is 1.66. The van der Waals surface area contributed by atoms with Gasteiger partial charge < -0.3 is 14.7 Å². The van der Waals surface area contributed by atoms with Crippen molar-refractivity contribution in [2.24, 2.45) is 0 Å². The van der Waals surface area contributed by atoms with E-state index in [0.717, 1.165) is 12.1 Å². The van der Waals surface area contributed by atoms with Crippen molar-refractivity contribution in [3.05, 3.63) is 27.2 Å². The first-order valence-electron chi connectivity index (χ1n) is 2.99. The number of hydrogen-bond donors (Lipinski definition) is 0. The molecule has 0 aromatic heterocycles. The van der Waals surface area contributed by atoms with Gasteiger partial charge in [-0.3, -0.25) is 0 Å². The van der Waals surface area contributed by atoms with Gasteiger partial charge in [0.2, 0.25) is 0 Å². The van der Waals surface area contributed by atoms with Crippen molar-refractivity contribution in [1.82, 2.24) is 0 Å². The van der Waals surface area contributed by atoms with E-state index in [0.29, 0.717) is 0 Å². The summed E-state index contributed by atoms with van der Waals surface area (Å²) in [5.74, 6) is 0. The van der Waals surface area contributed by atoms with Crippen LogP contribution in [0.5, 0.6) is 0 Å². The molecule has 1 aromatic rings. The molecule has 1 aromatic carbocycles. The number of halogens is 3. The van der Waals surface area contributed by atoms with Gasteiger partial charge in [0, 0.05) is 6.07 Å². The van der Waals surface area contributed by atoms with E-state index in [2.05, 4.69) is 0 Å². The van der Waals surface area contributed by atoms with Gasteiger partial charge >= 0.3 is 37.7 Å². The molecule has 0 amide bonds. The maximum atomic E-state index is 10.6. The Morgan fingerprint density at radius 3 is 1.71 bits per heavy atom. The molecule has 0 fully saturated rings. The molecule has 0 spiro atoms. The van der Waals surface area contributed by atoms with Gasteiger partial charge in [-0.2, -0.15) is 0 Å². The zero-order chi connectivity index (χ0) is 10.2. The van der Waals surface area contributed by atoms with E-state index in [-0.39, 0.29) is 52.8 Å². The van der Waals surface area contributed by atoms with E-state index < -0.39 is 13.2 Å². The molecule has 0 aliphatic rings. The molecule has 0 atom stereocenters. The van der Waals surface area contributed by atoms with Gasteiger partial charge in [0.25, 0.3) is 0 Å². The molecule has 3 nitrogen and oxygen atoms in total. The van der Waals surface area contributed by atoms with E-state index in [1.54, 1.807) is 0 Å². The molecule has 1 rings (SSSR count). The van der Waals surface area contributed by atoms with Crippen LogP contribution in [0.3, 0.4) is 0 Å². The molecular weight excluding hydrogens is 297 g/mol. The minimum absolute atomic E-state index is 0.